The monoisotopic (exact) mass is 274 g/mol. The number of allylic oxidation sites excluding steroid dienone is 1. The Hall–Kier alpha value is -1.25. The van der Waals surface area contributed by atoms with Crippen molar-refractivity contribution >= 4 is 23.8 Å². The molecule has 1 fully saturated rings. The second kappa shape index (κ2) is 5.17. The summed E-state index contributed by atoms with van der Waals surface area (Å²) < 4.78 is 9.75. The molecule has 2 aliphatic heterocycles. The first-order valence-electron chi connectivity index (χ1n) is 5.46. The highest BCUT2D eigenvalue weighted by atomic mass is 32.2. The van der Waals surface area contributed by atoms with E-state index in [-0.39, 0.29) is 17.2 Å². The first-order chi connectivity index (χ1) is 8.60. The molecule has 0 unspecified atom stereocenters. The van der Waals surface area contributed by atoms with Gasteiger partial charge in [-0.25, -0.2) is 4.79 Å². The predicted octanol–water partition coefficient (Wildman–Crippen LogP) is 0.519. The lowest BCUT2D eigenvalue weighted by Crippen LogP contribution is -2.61. The van der Waals surface area contributed by atoms with Crippen LogP contribution in [0.3, 0.4) is 0 Å². The third-order valence-electron chi connectivity index (χ3n) is 2.76. The van der Waals surface area contributed by atoms with Crippen molar-refractivity contribution in [2.24, 2.45) is 5.73 Å². The highest BCUT2D eigenvalue weighted by Crippen LogP contribution is 2.48. The van der Waals surface area contributed by atoms with E-state index in [2.05, 4.69) is 0 Å². The molecule has 0 bridgehead atoms. The number of fused-ring (bicyclic) bond motifs is 1. The summed E-state index contributed by atoms with van der Waals surface area (Å²) in [6.07, 6.45) is -0.648. The molecule has 18 heavy (non-hydrogen) atoms. The van der Waals surface area contributed by atoms with Crippen molar-refractivity contribution in [3.63, 3.8) is 0 Å². The number of amides is 1. The lowest BCUT2D eigenvalue weighted by atomic mass is 10.1. The molecule has 2 heterocycles. The average molecular weight is 274 g/mol. The summed E-state index contributed by atoms with van der Waals surface area (Å²) in [5, 5.41) is 8.48. The number of carboxylic acid groups (broad SMARTS) is 1. The predicted molar refractivity (Wildman–Crippen MR) is 63.4 cm³/mol. The summed E-state index contributed by atoms with van der Waals surface area (Å²) in [7, 11) is 1.45. The van der Waals surface area contributed by atoms with Crippen molar-refractivity contribution in [3.05, 3.63) is 10.8 Å². The first kappa shape index (κ1) is 13.2. The number of hydrogen-bond acceptors (Lipinski definition) is 6. The maximum atomic E-state index is 11.7. The molecule has 1 saturated heterocycles. The fourth-order valence-corrected chi connectivity index (χ4v) is 3.38. The van der Waals surface area contributed by atoms with E-state index in [1.54, 1.807) is 0 Å². The molecular weight excluding hydrogens is 260 g/mol. The normalized spacial score (nSPS) is 26.1. The molecule has 7 nitrogen and oxygen atoms in total. The summed E-state index contributed by atoms with van der Waals surface area (Å²) in [5.74, 6) is -0.154. The highest BCUT2D eigenvalue weighted by Gasteiger charge is 2.56. The molecule has 3 N–H and O–H groups in total. The van der Waals surface area contributed by atoms with Gasteiger partial charge in [-0.2, -0.15) is 0 Å². The van der Waals surface area contributed by atoms with Crippen LogP contribution in [0, 0.1) is 0 Å². The van der Waals surface area contributed by atoms with E-state index < -0.39 is 12.3 Å². The standard InChI is InChI=1S/C10H14N2O5S/c1-16-6-7(13)12-8(17-10(14)15)5(3-2-4-11)18-9(6)12/h6,9H,2-4,11H2,1H3,(H,14,15)/t6-,9-/m0/s1. The molecule has 8 heteroatoms. The first-order valence-corrected chi connectivity index (χ1v) is 6.34. The van der Waals surface area contributed by atoms with Crippen LogP contribution in [0.5, 0.6) is 0 Å². The summed E-state index contributed by atoms with van der Waals surface area (Å²) in [5.41, 5.74) is 5.42. The Labute approximate surface area is 108 Å². The van der Waals surface area contributed by atoms with E-state index in [9.17, 15) is 9.59 Å². The molecule has 2 aliphatic rings. The van der Waals surface area contributed by atoms with Crippen LogP contribution in [0.4, 0.5) is 4.79 Å². The lowest BCUT2D eigenvalue weighted by molar-refractivity contribution is -0.161. The SMILES string of the molecule is CO[C@H]1C(=O)N2C(OC(=O)O)=C(CCCN)S[C@@H]12. The summed E-state index contributed by atoms with van der Waals surface area (Å²) in [6.45, 7) is 0.497. The minimum atomic E-state index is -1.43. The van der Waals surface area contributed by atoms with Crippen LogP contribution in [0.2, 0.25) is 0 Å². The highest BCUT2D eigenvalue weighted by molar-refractivity contribution is 8.04. The van der Waals surface area contributed by atoms with E-state index in [4.69, 9.17) is 20.3 Å². The van der Waals surface area contributed by atoms with Gasteiger partial charge in [-0.3, -0.25) is 9.69 Å². The van der Waals surface area contributed by atoms with Gasteiger partial charge in [0.05, 0.1) is 0 Å². The third-order valence-corrected chi connectivity index (χ3v) is 4.12. The zero-order chi connectivity index (χ0) is 13.3. The number of carbonyl (C=O) groups excluding carboxylic acids is 1. The van der Waals surface area contributed by atoms with Crippen molar-refractivity contribution in [2.75, 3.05) is 13.7 Å². The zero-order valence-electron chi connectivity index (χ0n) is 9.79. The van der Waals surface area contributed by atoms with Gasteiger partial charge in [0.15, 0.2) is 6.10 Å². The van der Waals surface area contributed by atoms with E-state index in [1.807, 2.05) is 0 Å². The van der Waals surface area contributed by atoms with Crippen molar-refractivity contribution in [1.82, 2.24) is 4.90 Å². The number of nitrogens with two attached hydrogens (primary N) is 1. The van der Waals surface area contributed by atoms with Crippen molar-refractivity contribution in [3.8, 4) is 0 Å². The number of thioether (sulfide) groups is 1. The van der Waals surface area contributed by atoms with Crippen LogP contribution < -0.4 is 5.73 Å². The van der Waals surface area contributed by atoms with E-state index >= 15 is 0 Å². The molecule has 0 aromatic rings. The smallest absolute Gasteiger partial charge is 0.449 e. The van der Waals surface area contributed by atoms with E-state index in [0.29, 0.717) is 19.4 Å². The quantitative estimate of drug-likeness (QED) is 0.556. The molecule has 100 valence electrons. The Kier molecular flexibility index (Phi) is 3.79. The number of ether oxygens (including phenoxy) is 2. The van der Waals surface area contributed by atoms with Gasteiger partial charge in [0, 0.05) is 12.0 Å². The van der Waals surface area contributed by atoms with Gasteiger partial charge < -0.3 is 20.3 Å². The van der Waals surface area contributed by atoms with Crippen molar-refractivity contribution in [1.29, 1.82) is 0 Å². The fraction of sp³-hybridized carbons (Fsp3) is 0.600. The Morgan fingerprint density at radius 2 is 2.33 bits per heavy atom. The molecule has 0 aromatic carbocycles. The van der Waals surface area contributed by atoms with E-state index in [0.717, 1.165) is 4.91 Å². The van der Waals surface area contributed by atoms with Crippen LogP contribution in [0.15, 0.2) is 10.8 Å². The number of carbonyl (C=O) groups is 2. The number of methoxy groups -OCH3 is 1. The van der Waals surface area contributed by atoms with E-state index in [1.165, 1.54) is 23.8 Å². The van der Waals surface area contributed by atoms with Crippen LogP contribution in [-0.2, 0) is 14.3 Å². The van der Waals surface area contributed by atoms with Crippen LogP contribution >= 0.6 is 11.8 Å². The van der Waals surface area contributed by atoms with Gasteiger partial charge in [0.2, 0.25) is 5.88 Å². The summed E-state index contributed by atoms with van der Waals surface area (Å²) >= 11 is 1.40. The molecular formula is C10H14N2O5S. The second-order valence-corrected chi connectivity index (χ2v) is 5.07. The summed E-state index contributed by atoms with van der Waals surface area (Å²) in [6, 6.07) is 0. The van der Waals surface area contributed by atoms with Crippen molar-refractivity contribution in [2.45, 2.75) is 24.3 Å². The van der Waals surface area contributed by atoms with Gasteiger partial charge in [0.25, 0.3) is 5.91 Å². The van der Waals surface area contributed by atoms with Gasteiger partial charge in [0.1, 0.15) is 5.37 Å². The van der Waals surface area contributed by atoms with Gasteiger partial charge in [-0.05, 0) is 19.4 Å². The fourth-order valence-electron chi connectivity index (χ4n) is 1.93. The molecule has 2 atom stereocenters. The van der Waals surface area contributed by atoms with Gasteiger partial charge in [-0.15, -0.1) is 0 Å². The lowest BCUT2D eigenvalue weighted by Gasteiger charge is -2.40. The molecule has 0 spiro atoms. The summed E-state index contributed by atoms with van der Waals surface area (Å²) in [4.78, 5) is 24.5. The Balaban J connectivity index is 2.16. The molecule has 0 aliphatic carbocycles. The van der Waals surface area contributed by atoms with Crippen molar-refractivity contribution < 1.29 is 24.2 Å². The molecule has 2 rings (SSSR count). The number of rotatable bonds is 5. The van der Waals surface area contributed by atoms with Crippen LogP contribution in [0.1, 0.15) is 12.8 Å². The largest absolute Gasteiger partial charge is 0.512 e. The number of hydrogen-bond donors (Lipinski definition) is 2. The molecule has 0 aromatic heterocycles. The average Bonchev–Trinajstić information content (AvgIpc) is 2.61. The molecule has 0 radical (unpaired) electrons. The van der Waals surface area contributed by atoms with Crippen LogP contribution in [-0.4, -0.2) is 47.2 Å². The maximum absolute atomic E-state index is 11.7. The van der Waals surface area contributed by atoms with Gasteiger partial charge in [-0.1, -0.05) is 11.8 Å². The Bertz CT molecular complexity index is 411. The minimum Gasteiger partial charge on any atom is -0.449 e. The Morgan fingerprint density at radius 1 is 1.61 bits per heavy atom. The number of β-lactam (4-membered cyclic amide) rings is 1. The molecule has 1 amide bonds. The molecule has 0 saturated carbocycles. The maximum Gasteiger partial charge on any atom is 0.512 e. The number of nitrogens with zero attached hydrogens (tertiary/aromatic N) is 1. The minimum absolute atomic E-state index is 0.115. The van der Waals surface area contributed by atoms with Gasteiger partial charge >= 0.3 is 6.16 Å². The third kappa shape index (κ3) is 2.06. The Morgan fingerprint density at radius 3 is 2.89 bits per heavy atom. The zero-order valence-corrected chi connectivity index (χ0v) is 10.6. The van der Waals surface area contributed by atoms with Crippen LogP contribution in [0.25, 0.3) is 0 Å². The second-order valence-electron chi connectivity index (χ2n) is 3.86. The topological polar surface area (TPSA) is 102 Å².